The molecule has 4 nitrogen and oxygen atoms in total. The lowest BCUT2D eigenvalue weighted by Gasteiger charge is -2.06. The van der Waals surface area contributed by atoms with Crippen molar-refractivity contribution in [2.24, 2.45) is 0 Å². The predicted octanol–water partition coefficient (Wildman–Crippen LogP) is 2.10. The standard InChI is InChI=1S/C10H9IO4/c1-15-8-5-6(2-3-9(12)13)4-7(11)10(8)14/h2-5,14H,1H3,(H,12,13). The van der Waals surface area contributed by atoms with E-state index in [1.165, 1.54) is 13.2 Å². The van der Waals surface area contributed by atoms with Crippen molar-refractivity contribution in [3.05, 3.63) is 27.3 Å². The number of benzene rings is 1. The summed E-state index contributed by atoms with van der Waals surface area (Å²) in [5, 5.41) is 18.0. The molecule has 0 aliphatic heterocycles. The molecule has 0 saturated carbocycles. The summed E-state index contributed by atoms with van der Waals surface area (Å²) in [4.78, 5) is 10.3. The summed E-state index contributed by atoms with van der Waals surface area (Å²) in [6.45, 7) is 0. The third kappa shape index (κ3) is 3.12. The minimum Gasteiger partial charge on any atom is -0.504 e. The van der Waals surface area contributed by atoms with Crippen molar-refractivity contribution >= 4 is 34.6 Å². The zero-order valence-electron chi connectivity index (χ0n) is 7.90. The van der Waals surface area contributed by atoms with Gasteiger partial charge in [-0.25, -0.2) is 4.79 Å². The zero-order chi connectivity index (χ0) is 11.4. The van der Waals surface area contributed by atoms with Gasteiger partial charge in [-0.3, -0.25) is 0 Å². The number of aliphatic carboxylic acids is 1. The highest BCUT2D eigenvalue weighted by atomic mass is 127. The van der Waals surface area contributed by atoms with E-state index in [4.69, 9.17) is 9.84 Å². The maximum atomic E-state index is 10.3. The lowest BCUT2D eigenvalue weighted by molar-refractivity contribution is -0.131. The first kappa shape index (κ1) is 11.8. The van der Waals surface area contributed by atoms with Crippen LogP contribution in [0.5, 0.6) is 11.5 Å². The first-order valence-electron chi connectivity index (χ1n) is 4.02. The molecular weight excluding hydrogens is 311 g/mol. The summed E-state index contributed by atoms with van der Waals surface area (Å²) in [6, 6.07) is 3.23. The fraction of sp³-hybridized carbons (Fsp3) is 0.100. The summed E-state index contributed by atoms with van der Waals surface area (Å²) < 4.78 is 5.55. The number of hydrogen-bond acceptors (Lipinski definition) is 3. The molecule has 1 aromatic carbocycles. The fourth-order valence-electron chi connectivity index (χ4n) is 1.01. The van der Waals surface area contributed by atoms with Crippen LogP contribution < -0.4 is 4.74 Å². The van der Waals surface area contributed by atoms with Gasteiger partial charge >= 0.3 is 5.97 Å². The second-order valence-electron chi connectivity index (χ2n) is 2.73. The van der Waals surface area contributed by atoms with Gasteiger partial charge in [0.05, 0.1) is 10.7 Å². The number of hydrogen-bond donors (Lipinski definition) is 2. The normalized spacial score (nSPS) is 10.5. The van der Waals surface area contributed by atoms with Gasteiger partial charge in [0, 0.05) is 6.08 Å². The largest absolute Gasteiger partial charge is 0.504 e. The number of methoxy groups -OCH3 is 1. The Bertz CT molecular complexity index is 412. The van der Waals surface area contributed by atoms with Crippen molar-refractivity contribution in [3.63, 3.8) is 0 Å². The maximum Gasteiger partial charge on any atom is 0.328 e. The van der Waals surface area contributed by atoms with Gasteiger partial charge in [-0.1, -0.05) is 0 Å². The molecule has 0 aliphatic carbocycles. The third-order valence-electron chi connectivity index (χ3n) is 1.69. The van der Waals surface area contributed by atoms with Crippen LogP contribution in [0.2, 0.25) is 0 Å². The van der Waals surface area contributed by atoms with Crippen LogP contribution in [0.1, 0.15) is 5.56 Å². The number of aromatic hydroxyl groups is 1. The van der Waals surface area contributed by atoms with Crippen molar-refractivity contribution in [3.8, 4) is 11.5 Å². The van der Waals surface area contributed by atoms with E-state index in [0.717, 1.165) is 6.08 Å². The van der Waals surface area contributed by atoms with Crippen LogP contribution in [0.4, 0.5) is 0 Å². The monoisotopic (exact) mass is 320 g/mol. The highest BCUT2D eigenvalue weighted by Crippen LogP contribution is 2.32. The first-order chi connectivity index (χ1) is 7.04. The summed E-state index contributed by atoms with van der Waals surface area (Å²) in [7, 11) is 1.44. The van der Waals surface area contributed by atoms with E-state index in [2.05, 4.69) is 0 Å². The average molecular weight is 320 g/mol. The SMILES string of the molecule is COc1cc(C=CC(=O)O)cc(I)c1O. The van der Waals surface area contributed by atoms with E-state index in [-0.39, 0.29) is 5.75 Å². The molecule has 0 saturated heterocycles. The van der Waals surface area contributed by atoms with E-state index in [1.807, 2.05) is 22.6 Å². The van der Waals surface area contributed by atoms with Gasteiger partial charge in [0.1, 0.15) is 0 Å². The molecule has 15 heavy (non-hydrogen) atoms. The minimum absolute atomic E-state index is 0.0607. The van der Waals surface area contributed by atoms with Gasteiger partial charge in [0.2, 0.25) is 0 Å². The van der Waals surface area contributed by atoms with Crippen LogP contribution in [-0.4, -0.2) is 23.3 Å². The van der Waals surface area contributed by atoms with Crippen LogP contribution in [0, 0.1) is 3.57 Å². The molecule has 5 heteroatoms. The molecule has 1 rings (SSSR count). The van der Waals surface area contributed by atoms with Gasteiger partial charge in [-0.2, -0.15) is 0 Å². The van der Waals surface area contributed by atoms with E-state index in [0.29, 0.717) is 14.9 Å². The highest BCUT2D eigenvalue weighted by Gasteiger charge is 2.06. The van der Waals surface area contributed by atoms with Crippen LogP contribution in [-0.2, 0) is 4.79 Å². The lowest BCUT2D eigenvalue weighted by atomic mass is 10.2. The molecule has 0 radical (unpaired) electrons. The van der Waals surface area contributed by atoms with Gasteiger partial charge in [-0.15, -0.1) is 0 Å². The molecular formula is C10H9IO4. The first-order valence-corrected chi connectivity index (χ1v) is 5.10. The van der Waals surface area contributed by atoms with E-state index >= 15 is 0 Å². The molecule has 0 fully saturated rings. The number of phenols is 1. The fourth-order valence-corrected chi connectivity index (χ4v) is 1.64. The maximum absolute atomic E-state index is 10.3. The van der Waals surface area contributed by atoms with Gasteiger partial charge in [0.15, 0.2) is 11.5 Å². The van der Waals surface area contributed by atoms with E-state index in [9.17, 15) is 9.90 Å². The zero-order valence-corrected chi connectivity index (χ0v) is 10.1. The molecule has 0 unspecified atom stereocenters. The van der Waals surface area contributed by atoms with E-state index in [1.54, 1.807) is 12.1 Å². The van der Waals surface area contributed by atoms with Gasteiger partial charge < -0.3 is 14.9 Å². The highest BCUT2D eigenvalue weighted by molar-refractivity contribution is 14.1. The van der Waals surface area contributed by atoms with Crippen molar-refractivity contribution < 1.29 is 19.7 Å². The number of rotatable bonds is 3. The molecule has 0 bridgehead atoms. The number of carbonyl (C=O) groups is 1. The molecule has 0 heterocycles. The molecule has 2 N–H and O–H groups in total. The Morgan fingerprint density at radius 1 is 1.53 bits per heavy atom. The Balaban J connectivity index is 3.11. The van der Waals surface area contributed by atoms with Gasteiger partial charge in [-0.05, 0) is 46.4 Å². The van der Waals surface area contributed by atoms with Crippen molar-refractivity contribution in [2.75, 3.05) is 7.11 Å². The summed E-state index contributed by atoms with van der Waals surface area (Å²) in [5.41, 5.74) is 0.663. The number of halogens is 1. The van der Waals surface area contributed by atoms with Crippen molar-refractivity contribution in [1.29, 1.82) is 0 Å². The smallest absolute Gasteiger partial charge is 0.328 e. The quantitative estimate of drug-likeness (QED) is 0.661. The summed E-state index contributed by atoms with van der Waals surface area (Å²) >= 11 is 1.94. The molecule has 1 aromatic rings. The second-order valence-corrected chi connectivity index (χ2v) is 3.89. The number of carboxylic acid groups (broad SMARTS) is 1. The van der Waals surface area contributed by atoms with E-state index < -0.39 is 5.97 Å². The number of phenolic OH excluding ortho intramolecular Hbond substituents is 1. The molecule has 80 valence electrons. The lowest BCUT2D eigenvalue weighted by Crippen LogP contribution is -1.89. The molecule has 0 atom stereocenters. The van der Waals surface area contributed by atoms with Gasteiger partial charge in [0.25, 0.3) is 0 Å². The predicted molar refractivity (Wildman–Crippen MR) is 64.0 cm³/mol. The summed E-state index contributed by atoms with van der Waals surface area (Å²) in [5.74, 6) is -0.630. The Morgan fingerprint density at radius 2 is 2.20 bits per heavy atom. The Morgan fingerprint density at radius 3 is 2.73 bits per heavy atom. The van der Waals surface area contributed by atoms with Crippen LogP contribution >= 0.6 is 22.6 Å². The Kier molecular flexibility index (Phi) is 3.96. The molecule has 0 aliphatic rings. The second kappa shape index (κ2) is 5.01. The number of carboxylic acids is 1. The Hall–Kier alpha value is -1.24. The third-order valence-corrected chi connectivity index (χ3v) is 2.51. The van der Waals surface area contributed by atoms with Crippen molar-refractivity contribution in [1.82, 2.24) is 0 Å². The number of ether oxygens (including phenoxy) is 1. The van der Waals surface area contributed by atoms with Crippen molar-refractivity contribution in [2.45, 2.75) is 0 Å². The van der Waals surface area contributed by atoms with Crippen LogP contribution in [0.25, 0.3) is 6.08 Å². The minimum atomic E-state index is -1.02. The average Bonchev–Trinajstić information content (AvgIpc) is 2.19. The molecule has 0 spiro atoms. The molecule has 0 aromatic heterocycles. The van der Waals surface area contributed by atoms with Crippen LogP contribution in [0.3, 0.4) is 0 Å². The Labute approximate surface area is 100 Å². The topological polar surface area (TPSA) is 66.8 Å². The molecule has 0 amide bonds. The van der Waals surface area contributed by atoms with Crippen LogP contribution in [0.15, 0.2) is 18.2 Å². The summed E-state index contributed by atoms with van der Waals surface area (Å²) in [6.07, 6.45) is 2.47.